The molecule has 2 heterocycles. The molecule has 1 fully saturated rings. The Morgan fingerprint density at radius 3 is 2.39 bits per heavy atom. The number of aromatic amines is 1. The highest BCUT2D eigenvalue weighted by Gasteiger charge is 2.33. The van der Waals surface area contributed by atoms with Crippen LogP contribution in [-0.4, -0.2) is 52.3 Å². The molecule has 1 aliphatic rings. The molecule has 1 aromatic heterocycles. The average molecular weight is 500 g/mol. The molecule has 192 valence electrons. The number of halogens is 2. The minimum Gasteiger partial charge on any atom is -0.464 e. The quantitative estimate of drug-likeness (QED) is 0.343. The number of rotatable bonds is 9. The standard InChI is InChI=1S/C27H31F2N3O4/c1-36-25(33)23-24(19-10-11-21(28)22(29)18-19)32(26(34)30-23)15-7-3-6-14-31-16-12-27(35,13-17-31)20-8-4-2-5-9-20/h2,4-5,8-11,18,35H,3,6-7,12-17H2,1H3,(H,30,34). The minimum atomic E-state index is -1.07. The van der Waals surface area contributed by atoms with Crippen LogP contribution in [0.4, 0.5) is 8.78 Å². The van der Waals surface area contributed by atoms with Crippen molar-refractivity contribution in [3.05, 3.63) is 81.9 Å². The Bertz CT molecular complexity index is 1250. The lowest BCUT2D eigenvalue weighted by molar-refractivity contribution is -0.0261. The van der Waals surface area contributed by atoms with Gasteiger partial charge in [0.25, 0.3) is 0 Å². The molecule has 0 saturated carbocycles. The molecule has 36 heavy (non-hydrogen) atoms. The summed E-state index contributed by atoms with van der Waals surface area (Å²) in [5.41, 5.74) is -0.0152. The van der Waals surface area contributed by atoms with Crippen LogP contribution in [0.25, 0.3) is 11.3 Å². The summed E-state index contributed by atoms with van der Waals surface area (Å²) in [5.74, 6) is -2.84. The summed E-state index contributed by atoms with van der Waals surface area (Å²) < 4.78 is 33.5. The first-order chi connectivity index (χ1) is 17.3. The Kier molecular flexibility index (Phi) is 8.01. The third-order valence-electron chi connectivity index (χ3n) is 6.92. The summed E-state index contributed by atoms with van der Waals surface area (Å²) in [6, 6.07) is 13.0. The van der Waals surface area contributed by atoms with Gasteiger partial charge in [0, 0.05) is 25.2 Å². The number of ether oxygens (including phenoxy) is 1. The smallest absolute Gasteiger partial charge is 0.356 e. The van der Waals surface area contributed by atoms with Crippen LogP contribution in [0.1, 0.15) is 48.2 Å². The SMILES string of the molecule is COC(=O)c1[nH]c(=O)n(CCCCCN2CCC(O)(c3ccccc3)CC2)c1-c1ccc(F)c(F)c1. The van der Waals surface area contributed by atoms with E-state index in [9.17, 15) is 23.5 Å². The average Bonchev–Trinajstić information content (AvgIpc) is 3.22. The number of H-pyrrole nitrogens is 1. The maximum absolute atomic E-state index is 13.9. The van der Waals surface area contributed by atoms with E-state index >= 15 is 0 Å². The highest BCUT2D eigenvalue weighted by Crippen LogP contribution is 2.32. The van der Waals surface area contributed by atoms with Crippen LogP contribution in [0.3, 0.4) is 0 Å². The van der Waals surface area contributed by atoms with Crippen LogP contribution in [-0.2, 0) is 16.9 Å². The highest BCUT2D eigenvalue weighted by molar-refractivity contribution is 5.94. The minimum absolute atomic E-state index is 0.0901. The van der Waals surface area contributed by atoms with Crippen molar-refractivity contribution in [1.29, 1.82) is 0 Å². The Labute approximate surface area is 208 Å². The molecule has 0 radical (unpaired) electrons. The lowest BCUT2D eigenvalue weighted by atomic mass is 9.84. The topological polar surface area (TPSA) is 87.6 Å². The maximum Gasteiger partial charge on any atom is 0.356 e. The van der Waals surface area contributed by atoms with Gasteiger partial charge in [0.1, 0.15) is 0 Å². The summed E-state index contributed by atoms with van der Waals surface area (Å²) in [6.07, 6.45) is 3.78. The molecule has 7 nitrogen and oxygen atoms in total. The van der Waals surface area contributed by atoms with E-state index in [1.807, 2.05) is 30.3 Å². The molecular weight excluding hydrogens is 468 g/mol. The van der Waals surface area contributed by atoms with Crippen LogP contribution in [0.5, 0.6) is 0 Å². The zero-order chi connectivity index (χ0) is 25.7. The van der Waals surface area contributed by atoms with Crippen LogP contribution >= 0.6 is 0 Å². The zero-order valence-electron chi connectivity index (χ0n) is 20.3. The van der Waals surface area contributed by atoms with Gasteiger partial charge in [-0.25, -0.2) is 18.4 Å². The first-order valence-corrected chi connectivity index (χ1v) is 12.2. The summed E-state index contributed by atoms with van der Waals surface area (Å²) >= 11 is 0. The van der Waals surface area contributed by atoms with E-state index < -0.39 is 28.9 Å². The summed E-state index contributed by atoms with van der Waals surface area (Å²) in [7, 11) is 1.19. The molecule has 2 N–H and O–H groups in total. The van der Waals surface area contributed by atoms with Crippen LogP contribution < -0.4 is 5.69 Å². The van der Waals surface area contributed by atoms with Gasteiger partial charge in [-0.05, 0) is 56.0 Å². The predicted molar refractivity (Wildman–Crippen MR) is 132 cm³/mol. The van der Waals surface area contributed by atoms with E-state index in [2.05, 4.69) is 9.88 Å². The van der Waals surface area contributed by atoms with Crippen molar-refractivity contribution in [3.8, 4) is 11.3 Å². The lowest BCUT2D eigenvalue weighted by Gasteiger charge is -2.38. The first kappa shape index (κ1) is 25.8. The van der Waals surface area contributed by atoms with Gasteiger partial charge in [-0.3, -0.25) is 9.55 Å². The van der Waals surface area contributed by atoms with Gasteiger partial charge in [-0.1, -0.05) is 36.8 Å². The molecule has 0 amide bonds. The van der Waals surface area contributed by atoms with Crippen LogP contribution in [0, 0.1) is 11.6 Å². The van der Waals surface area contributed by atoms with E-state index in [0.717, 1.165) is 50.2 Å². The molecule has 0 bridgehead atoms. The molecule has 0 spiro atoms. The number of piperidine rings is 1. The van der Waals surface area contributed by atoms with Crippen molar-refractivity contribution in [2.24, 2.45) is 0 Å². The van der Waals surface area contributed by atoms with Gasteiger partial charge in [0.15, 0.2) is 17.3 Å². The fourth-order valence-corrected chi connectivity index (χ4v) is 4.84. The van der Waals surface area contributed by atoms with Gasteiger partial charge in [-0.15, -0.1) is 0 Å². The van der Waals surface area contributed by atoms with Crippen molar-refractivity contribution < 1.29 is 23.4 Å². The van der Waals surface area contributed by atoms with Crippen LogP contribution in [0.2, 0.25) is 0 Å². The van der Waals surface area contributed by atoms with E-state index in [1.165, 1.54) is 17.7 Å². The third kappa shape index (κ3) is 5.57. The van der Waals surface area contributed by atoms with Crippen molar-refractivity contribution in [2.75, 3.05) is 26.7 Å². The van der Waals surface area contributed by atoms with E-state index in [-0.39, 0.29) is 17.0 Å². The zero-order valence-corrected chi connectivity index (χ0v) is 20.3. The Balaban J connectivity index is 1.34. The molecule has 4 rings (SSSR count). The van der Waals surface area contributed by atoms with Gasteiger partial charge in [0.05, 0.1) is 18.4 Å². The number of aliphatic hydroxyl groups is 1. The number of hydrogen-bond acceptors (Lipinski definition) is 5. The normalized spacial score (nSPS) is 15.7. The largest absolute Gasteiger partial charge is 0.464 e. The maximum atomic E-state index is 13.9. The van der Waals surface area contributed by atoms with Crippen molar-refractivity contribution >= 4 is 5.97 Å². The van der Waals surface area contributed by atoms with E-state index in [0.29, 0.717) is 25.8 Å². The van der Waals surface area contributed by atoms with Gasteiger partial charge >= 0.3 is 11.7 Å². The Morgan fingerprint density at radius 2 is 1.72 bits per heavy atom. The Morgan fingerprint density at radius 1 is 1.03 bits per heavy atom. The van der Waals surface area contributed by atoms with E-state index in [1.54, 1.807) is 0 Å². The number of hydrogen-bond donors (Lipinski definition) is 2. The third-order valence-corrected chi connectivity index (χ3v) is 6.92. The number of nitrogens with one attached hydrogen (secondary N) is 1. The highest BCUT2D eigenvalue weighted by atomic mass is 19.2. The molecular formula is C27H31F2N3O4. The number of carbonyl (C=O) groups excluding carboxylic acids is 1. The van der Waals surface area contributed by atoms with Crippen LogP contribution in [0.15, 0.2) is 53.3 Å². The molecule has 9 heteroatoms. The number of likely N-dealkylation sites (tertiary alicyclic amines) is 1. The number of unbranched alkanes of at least 4 members (excludes halogenated alkanes) is 2. The number of imidazole rings is 1. The molecule has 0 aliphatic carbocycles. The fourth-order valence-electron chi connectivity index (χ4n) is 4.84. The predicted octanol–water partition coefficient (Wildman–Crippen LogP) is 4.06. The lowest BCUT2D eigenvalue weighted by Crippen LogP contribution is -2.42. The van der Waals surface area contributed by atoms with Gasteiger partial charge in [0.2, 0.25) is 0 Å². The molecule has 0 unspecified atom stereocenters. The van der Waals surface area contributed by atoms with Crippen molar-refractivity contribution in [3.63, 3.8) is 0 Å². The monoisotopic (exact) mass is 499 g/mol. The second-order valence-corrected chi connectivity index (χ2v) is 9.23. The van der Waals surface area contributed by atoms with E-state index in [4.69, 9.17) is 4.74 Å². The molecule has 3 aromatic rings. The molecule has 0 atom stereocenters. The number of esters is 1. The molecule has 1 aliphatic heterocycles. The van der Waals surface area contributed by atoms with Crippen molar-refractivity contribution in [2.45, 2.75) is 44.2 Å². The summed E-state index contributed by atoms with van der Waals surface area (Å²) in [5, 5.41) is 11.0. The van der Waals surface area contributed by atoms with Gasteiger partial charge in [-0.2, -0.15) is 0 Å². The molecule has 1 saturated heterocycles. The number of nitrogens with zero attached hydrogens (tertiary/aromatic N) is 2. The Hall–Kier alpha value is -3.30. The molecule has 2 aromatic carbocycles. The number of methoxy groups -OCH3 is 1. The number of aromatic nitrogens is 2. The fraction of sp³-hybridized carbons (Fsp3) is 0.407. The summed E-state index contributed by atoms with van der Waals surface area (Å²) in [4.78, 5) is 29.6. The number of benzene rings is 2. The number of carbonyl (C=O) groups is 1. The second-order valence-electron chi connectivity index (χ2n) is 9.23. The van der Waals surface area contributed by atoms with Crippen molar-refractivity contribution in [1.82, 2.24) is 14.5 Å². The summed E-state index contributed by atoms with van der Waals surface area (Å²) in [6.45, 7) is 2.82. The van der Waals surface area contributed by atoms with Gasteiger partial charge < -0.3 is 14.7 Å². The first-order valence-electron chi connectivity index (χ1n) is 12.2. The second kappa shape index (κ2) is 11.2.